The van der Waals surface area contributed by atoms with Crippen LogP contribution in [0.25, 0.3) is 0 Å². The SMILES string of the molecule is C=C(C)C(=O)[C@H](OC)[C@H](O)/C(C)=C/CC(=O)/C=C/[C@H](C)C[C@H]1CC[C@H](OC(=O)C(C)(CO)CO)CC1. The van der Waals surface area contributed by atoms with E-state index in [0.717, 1.165) is 32.1 Å². The highest BCUT2D eigenvalue weighted by Crippen LogP contribution is 2.32. The van der Waals surface area contributed by atoms with E-state index in [1.165, 1.54) is 14.0 Å². The molecule has 1 fully saturated rings. The first-order chi connectivity index (χ1) is 16.9. The van der Waals surface area contributed by atoms with Crippen molar-refractivity contribution in [3.63, 3.8) is 0 Å². The third-order valence-corrected chi connectivity index (χ3v) is 6.89. The zero-order valence-electron chi connectivity index (χ0n) is 22.4. The Hall–Kier alpha value is -2.13. The molecule has 1 rings (SSSR count). The van der Waals surface area contributed by atoms with Crippen molar-refractivity contribution in [2.24, 2.45) is 17.3 Å². The van der Waals surface area contributed by atoms with Crippen LogP contribution in [-0.4, -0.2) is 71.5 Å². The average molecular weight is 509 g/mol. The van der Waals surface area contributed by atoms with Gasteiger partial charge in [0.2, 0.25) is 0 Å². The summed E-state index contributed by atoms with van der Waals surface area (Å²) in [5.41, 5.74) is -0.494. The molecule has 8 heteroatoms. The molecule has 3 N–H and O–H groups in total. The minimum Gasteiger partial charge on any atom is -0.462 e. The lowest BCUT2D eigenvalue weighted by molar-refractivity contribution is -0.167. The maximum atomic E-state index is 12.3. The van der Waals surface area contributed by atoms with Crippen molar-refractivity contribution < 1.29 is 39.2 Å². The van der Waals surface area contributed by atoms with Crippen LogP contribution in [0.15, 0.2) is 36.0 Å². The minimum atomic E-state index is -1.28. The molecule has 0 aliphatic heterocycles. The minimum absolute atomic E-state index is 0.0972. The number of carbonyl (C=O) groups excluding carboxylic acids is 3. The fraction of sp³-hybridized carbons (Fsp3) is 0.679. The third-order valence-electron chi connectivity index (χ3n) is 6.89. The van der Waals surface area contributed by atoms with Crippen LogP contribution in [0.5, 0.6) is 0 Å². The van der Waals surface area contributed by atoms with Crippen molar-refractivity contribution in [2.75, 3.05) is 20.3 Å². The van der Waals surface area contributed by atoms with Crippen LogP contribution in [0.1, 0.15) is 66.2 Å². The van der Waals surface area contributed by atoms with Gasteiger partial charge in [0.05, 0.1) is 13.2 Å². The second kappa shape index (κ2) is 15.2. The first kappa shape index (κ1) is 31.9. The van der Waals surface area contributed by atoms with E-state index in [1.807, 2.05) is 6.08 Å². The lowest BCUT2D eigenvalue weighted by atomic mass is 9.81. The Morgan fingerprint density at radius 3 is 2.19 bits per heavy atom. The third kappa shape index (κ3) is 9.73. The molecule has 0 heterocycles. The summed E-state index contributed by atoms with van der Waals surface area (Å²) in [5, 5.41) is 29.1. The molecule has 0 unspecified atom stereocenters. The fourth-order valence-electron chi connectivity index (χ4n) is 4.15. The van der Waals surface area contributed by atoms with Gasteiger partial charge in [-0.1, -0.05) is 25.7 Å². The van der Waals surface area contributed by atoms with Crippen LogP contribution in [0.3, 0.4) is 0 Å². The van der Waals surface area contributed by atoms with Crippen LogP contribution >= 0.6 is 0 Å². The van der Waals surface area contributed by atoms with Gasteiger partial charge in [0.15, 0.2) is 11.6 Å². The molecule has 3 atom stereocenters. The number of ether oxygens (including phenoxy) is 2. The lowest BCUT2D eigenvalue weighted by Crippen LogP contribution is -2.39. The molecule has 0 aromatic rings. The van der Waals surface area contributed by atoms with Gasteiger partial charge < -0.3 is 24.8 Å². The number of methoxy groups -OCH3 is 1. The molecular weight excluding hydrogens is 464 g/mol. The molecule has 0 amide bonds. The molecule has 204 valence electrons. The van der Waals surface area contributed by atoms with Crippen molar-refractivity contribution in [1.82, 2.24) is 0 Å². The monoisotopic (exact) mass is 508 g/mol. The molecule has 1 aliphatic carbocycles. The topological polar surface area (TPSA) is 130 Å². The van der Waals surface area contributed by atoms with Crippen molar-refractivity contribution in [1.29, 1.82) is 0 Å². The molecule has 0 aromatic heterocycles. The maximum absolute atomic E-state index is 12.3. The number of ketones is 2. The number of Topliss-reactive ketones (excluding diaryl/α,β-unsaturated/α-hetero) is 1. The van der Waals surface area contributed by atoms with Gasteiger partial charge in [-0.3, -0.25) is 14.4 Å². The zero-order chi connectivity index (χ0) is 27.5. The number of aliphatic hydroxyl groups excluding tert-OH is 3. The molecular formula is C28H44O8. The molecule has 0 aromatic carbocycles. The highest BCUT2D eigenvalue weighted by atomic mass is 16.5. The van der Waals surface area contributed by atoms with E-state index in [2.05, 4.69) is 13.5 Å². The summed E-state index contributed by atoms with van der Waals surface area (Å²) >= 11 is 0. The smallest absolute Gasteiger partial charge is 0.316 e. The first-order valence-corrected chi connectivity index (χ1v) is 12.6. The van der Waals surface area contributed by atoms with E-state index in [4.69, 9.17) is 9.47 Å². The van der Waals surface area contributed by atoms with Crippen LogP contribution in [0.4, 0.5) is 0 Å². The molecule has 0 saturated heterocycles. The standard InChI is InChI=1S/C28H44O8/c1-18(2)24(32)26(35-6)25(33)20(4)8-12-22(31)11-7-19(3)15-21-9-13-23(14-10-21)36-27(34)28(5,16-29)17-30/h7-8,11,19,21,23,25-26,29-30,33H,1,9-10,12-17H2,2-6H3/b11-7+,20-8+/t19-,21-,23-,25+,26-/m0/s1. The van der Waals surface area contributed by atoms with Gasteiger partial charge in [0, 0.05) is 13.5 Å². The number of rotatable bonds is 15. The van der Waals surface area contributed by atoms with E-state index >= 15 is 0 Å². The van der Waals surface area contributed by atoms with E-state index < -0.39 is 36.8 Å². The second-order valence-electron chi connectivity index (χ2n) is 10.4. The molecule has 1 saturated carbocycles. The van der Waals surface area contributed by atoms with Crippen LogP contribution in [0, 0.1) is 17.3 Å². The Kier molecular flexibility index (Phi) is 13.5. The number of esters is 1. The summed E-state index contributed by atoms with van der Waals surface area (Å²) in [5.74, 6) is -0.376. The molecule has 0 radical (unpaired) electrons. The van der Waals surface area contributed by atoms with Crippen molar-refractivity contribution in [3.05, 3.63) is 36.0 Å². The maximum Gasteiger partial charge on any atom is 0.316 e. The number of hydrogen-bond donors (Lipinski definition) is 3. The Labute approximate surface area is 215 Å². The number of carbonyl (C=O) groups is 3. The van der Waals surface area contributed by atoms with Crippen molar-refractivity contribution in [3.8, 4) is 0 Å². The normalized spacial score (nSPS) is 21.6. The summed E-state index contributed by atoms with van der Waals surface area (Å²) < 4.78 is 10.6. The van der Waals surface area contributed by atoms with E-state index in [9.17, 15) is 29.7 Å². The number of allylic oxidation sites excluding steroid dienone is 3. The Morgan fingerprint density at radius 2 is 1.69 bits per heavy atom. The van der Waals surface area contributed by atoms with Crippen LogP contribution in [0.2, 0.25) is 0 Å². The largest absolute Gasteiger partial charge is 0.462 e. The van der Waals surface area contributed by atoms with Gasteiger partial charge >= 0.3 is 5.97 Å². The Morgan fingerprint density at radius 1 is 1.11 bits per heavy atom. The highest BCUT2D eigenvalue weighted by Gasteiger charge is 2.36. The highest BCUT2D eigenvalue weighted by molar-refractivity contribution is 5.98. The Bertz CT molecular complexity index is 815. The number of aliphatic hydroxyl groups is 3. The van der Waals surface area contributed by atoms with Crippen molar-refractivity contribution in [2.45, 2.75) is 84.5 Å². The summed E-state index contributed by atoms with van der Waals surface area (Å²) in [4.78, 5) is 36.6. The summed E-state index contributed by atoms with van der Waals surface area (Å²) in [6, 6.07) is 0. The lowest BCUT2D eigenvalue weighted by Gasteiger charge is -2.32. The summed E-state index contributed by atoms with van der Waals surface area (Å²) in [6.45, 7) is 9.43. The molecule has 8 nitrogen and oxygen atoms in total. The molecule has 0 bridgehead atoms. The van der Waals surface area contributed by atoms with Crippen LogP contribution < -0.4 is 0 Å². The fourth-order valence-corrected chi connectivity index (χ4v) is 4.15. The Balaban J connectivity index is 2.49. The second-order valence-corrected chi connectivity index (χ2v) is 10.4. The quantitative estimate of drug-likeness (QED) is 0.175. The van der Waals surface area contributed by atoms with E-state index in [0.29, 0.717) is 17.1 Å². The summed E-state index contributed by atoms with van der Waals surface area (Å²) in [6.07, 6.45) is 6.99. The average Bonchev–Trinajstić information content (AvgIpc) is 2.86. The molecule has 36 heavy (non-hydrogen) atoms. The van der Waals surface area contributed by atoms with Gasteiger partial charge in [-0.2, -0.15) is 0 Å². The summed E-state index contributed by atoms with van der Waals surface area (Å²) in [7, 11) is 1.35. The molecule has 0 spiro atoms. The van der Waals surface area contributed by atoms with E-state index in [1.54, 1.807) is 26.0 Å². The number of hydrogen-bond acceptors (Lipinski definition) is 8. The van der Waals surface area contributed by atoms with Crippen molar-refractivity contribution >= 4 is 17.5 Å². The van der Waals surface area contributed by atoms with Gasteiger partial charge in [-0.25, -0.2) is 0 Å². The molecule has 1 aliphatic rings. The van der Waals surface area contributed by atoms with Gasteiger partial charge in [0.1, 0.15) is 23.7 Å². The predicted molar refractivity (Wildman–Crippen MR) is 137 cm³/mol. The first-order valence-electron chi connectivity index (χ1n) is 12.6. The predicted octanol–water partition coefficient (Wildman–Crippen LogP) is 3.09. The zero-order valence-corrected chi connectivity index (χ0v) is 22.4. The van der Waals surface area contributed by atoms with E-state index in [-0.39, 0.29) is 30.0 Å². The van der Waals surface area contributed by atoms with Gasteiger partial charge in [0.25, 0.3) is 0 Å². The van der Waals surface area contributed by atoms with Gasteiger partial charge in [-0.05, 0) is 81.9 Å². The van der Waals surface area contributed by atoms with Gasteiger partial charge in [-0.15, -0.1) is 0 Å². The van der Waals surface area contributed by atoms with Crippen LogP contribution in [-0.2, 0) is 23.9 Å².